The molecule has 0 spiro atoms. The molecule has 8 heteroatoms. The molecule has 1 heterocycles. The fourth-order valence-corrected chi connectivity index (χ4v) is 3.62. The van der Waals surface area contributed by atoms with Crippen LogP contribution in [-0.2, 0) is 11.2 Å². The highest BCUT2D eigenvalue weighted by Gasteiger charge is 2.22. The van der Waals surface area contributed by atoms with E-state index in [1.807, 2.05) is 24.3 Å². The average molecular weight is 531 g/mol. The molecular formula is C22H38IN5O2. The first kappa shape index (κ1) is 26.6. The molecule has 1 atom stereocenters. The highest BCUT2D eigenvalue weighted by Crippen LogP contribution is 2.13. The molecule has 0 aromatic heterocycles. The number of benzene rings is 1. The number of nitrogens with one attached hydrogen (secondary N) is 3. The molecule has 1 amide bonds. The van der Waals surface area contributed by atoms with Gasteiger partial charge in [-0.3, -0.25) is 14.7 Å². The molecule has 0 aliphatic carbocycles. The molecule has 1 unspecified atom stereocenters. The van der Waals surface area contributed by atoms with Gasteiger partial charge in [0.25, 0.3) is 5.91 Å². The van der Waals surface area contributed by atoms with Crippen LogP contribution in [0.4, 0.5) is 0 Å². The first-order valence-corrected chi connectivity index (χ1v) is 10.6. The summed E-state index contributed by atoms with van der Waals surface area (Å²) in [6.45, 7) is 9.78. The first-order valence-electron chi connectivity index (χ1n) is 10.6. The van der Waals surface area contributed by atoms with Gasteiger partial charge in [0.2, 0.25) is 0 Å². The van der Waals surface area contributed by atoms with Crippen molar-refractivity contribution in [3.63, 3.8) is 0 Å². The second-order valence-electron chi connectivity index (χ2n) is 7.84. The van der Waals surface area contributed by atoms with Crippen molar-refractivity contribution >= 4 is 35.8 Å². The number of ether oxygens (including phenoxy) is 1. The molecule has 1 fully saturated rings. The van der Waals surface area contributed by atoms with Crippen LogP contribution in [0.5, 0.6) is 0 Å². The van der Waals surface area contributed by atoms with Gasteiger partial charge in [0.1, 0.15) is 0 Å². The van der Waals surface area contributed by atoms with Gasteiger partial charge in [-0.2, -0.15) is 0 Å². The van der Waals surface area contributed by atoms with Crippen molar-refractivity contribution in [1.82, 2.24) is 20.9 Å². The number of carbonyl (C=O) groups is 1. The summed E-state index contributed by atoms with van der Waals surface area (Å²) < 4.78 is 5.50. The summed E-state index contributed by atoms with van der Waals surface area (Å²) in [7, 11) is 3.45. The minimum Gasteiger partial charge on any atom is -0.379 e. The summed E-state index contributed by atoms with van der Waals surface area (Å²) in [5.74, 6) is 1.40. The van der Waals surface area contributed by atoms with Gasteiger partial charge >= 0.3 is 0 Å². The molecule has 2 rings (SSSR count). The lowest BCUT2D eigenvalue weighted by Crippen LogP contribution is -2.51. The molecule has 1 aromatic carbocycles. The second kappa shape index (κ2) is 14.6. The van der Waals surface area contributed by atoms with Crippen LogP contribution in [0.25, 0.3) is 0 Å². The Balaban J connectivity index is 0.00000450. The fourth-order valence-electron chi connectivity index (χ4n) is 3.62. The van der Waals surface area contributed by atoms with Gasteiger partial charge in [0, 0.05) is 51.9 Å². The zero-order valence-corrected chi connectivity index (χ0v) is 21.1. The number of hydrogen-bond donors (Lipinski definition) is 3. The minimum atomic E-state index is -0.0587. The van der Waals surface area contributed by atoms with Gasteiger partial charge in [-0.1, -0.05) is 26.0 Å². The van der Waals surface area contributed by atoms with E-state index >= 15 is 0 Å². The summed E-state index contributed by atoms with van der Waals surface area (Å²) in [6.07, 6.45) is 1.97. The number of amides is 1. The van der Waals surface area contributed by atoms with Crippen LogP contribution in [0, 0.1) is 5.92 Å². The number of morpholine rings is 1. The Morgan fingerprint density at radius 3 is 2.60 bits per heavy atom. The zero-order chi connectivity index (χ0) is 21.1. The Hall–Kier alpha value is -1.39. The number of carbonyl (C=O) groups excluding carboxylic acids is 1. The number of rotatable bonds is 9. The molecule has 1 saturated heterocycles. The van der Waals surface area contributed by atoms with E-state index < -0.39 is 0 Å². The molecule has 7 nitrogen and oxygen atoms in total. The van der Waals surface area contributed by atoms with Crippen LogP contribution >= 0.6 is 24.0 Å². The SMILES string of the molecule is CN=C(NCCc1cccc(C(=O)NC)c1)NCC(CC(C)C)N1CCOCC1.I. The van der Waals surface area contributed by atoms with E-state index in [1.165, 1.54) is 0 Å². The Morgan fingerprint density at radius 1 is 1.23 bits per heavy atom. The largest absolute Gasteiger partial charge is 0.379 e. The quantitative estimate of drug-likeness (QED) is 0.259. The summed E-state index contributed by atoms with van der Waals surface area (Å²) in [6, 6.07) is 8.21. The third-order valence-electron chi connectivity index (χ3n) is 5.16. The number of nitrogens with zero attached hydrogens (tertiary/aromatic N) is 2. The van der Waals surface area contributed by atoms with Crippen molar-refractivity contribution in [3.05, 3.63) is 35.4 Å². The molecule has 1 aliphatic rings. The monoisotopic (exact) mass is 531 g/mol. The van der Waals surface area contributed by atoms with Crippen molar-refractivity contribution in [2.45, 2.75) is 32.7 Å². The van der Waals surface area contributed by atoms with Gasteiger partial charge in [0.05, 0.1) is 13.2 Å². The van der Waals surface area contributed by atoms with E-state index in [9.17, 15) is 4.79 Å². The van der Waals surface area contributed by atoms with Gasteiger partial charge in [-0.05, 0) is 36.5 Å². The lowest BCUT2D eigenvalue weighted by Gasteiger charge is -2.35. The van der Waals surface area contributed by atoms with Crippen molar-refractivity contribution in [2.75, 3.05) is 53.5 Å². The number of aliphatic imine (C=N–C) groups is 1. The standard InChI is InChI=1S/C22H37N5O2.HI/c1-17(2)14-20(27-10-12-29-13-11-27)16-26-22(24-4)25-9-8-18-6-5-7-19(15-18)21(28)23-3;/h5-7,15,17,20H,8-14,16H2,1-4H3,(H,23,28)(H2,24,25,26);1H. The summed E-state index contributed by atoms with van der Waals surface area (Å²) >= 11 is 0. The Labute approximate surface area is 198 Å². The predicted octanol–water partition coefficient (Wildman–Crippen LogP) is 2.12. The van der Waals surface area contributed by atoms with E-state index in [1.54, 1.807) is 14.1 Å². The van der Waals surface area contributed by atoms with Crippen molar-refractivity contribution in [1.29, 1.82) is 0 Å². The maximum Gasteiger partial charge on any atom is 0.251 e. The molecule has 0 saturated carbocycles. The van der Waals surface area contributed by atoms with Crippen LogP contribution in [0.1, 0.15) is 36.2 Å². The lowest BCUT2D eigenvalue weighted by atomic mass is 10.0. The maximum absolute atomic E-state index is 11.8. The van der Waals surface area contributed by atoms with Gasteiger partial charge in [-0.15, -0.1) is 24.0 Å². The Kier molecular flexibility index (Phi) is 13.0. The van der Waals surface area contributed by atoms with Gasteiger partial charge < -0.3 is 20.7 Å². The molecule has 30 heavy (non-hydrogen) atoms. The first-order chi connectivity index (χ1) is 14.0. The maximum atomic E-state index is 11.8. The molecule has 1 aromatic rings. The van der Waals surface area contributed by atoms with Crippen LogP contribution in [0.15, 0.2) is 29.3 Å². The van der Waals surface area contributed by atoms with E-state index in [0.717, 1.165) is 63.8 Å². The summed E-state index contributed by atoms with van der Waals surface area (Å²) in [5, 5.41) is 9.54. The van der Waals surface area contributed by atoms with Gasteiger partial charge in [0.15, 0.2) is 5.96 Å². The zero-order valence-electron chi connectivity index (χ0n) is 18.7. The molecule has 0 bridgehead atoms. The topological polar surface area (TPSA) is 78.0 Å². The number of halogens is 1. The van der Waals surface area contributed by atoms with Gasteiger partial charge in [-0.25, -0.2) is 0 Å². The van der Waals surface area contributed by atoms with Crippen LogP contribution in [0.3, 0.4) is 0 Å². The highest BCUT2D eigenvalue weighted by atomic mass is 127. The van der Waals surface area contributed by atoms with E-state index in [-0.39, 0.29) is 29.9 Å². The van der Waals surface area contributed by atoms with Crippen LogP contribution in [0.2, 0.25) is 0 Å². The van der Waals surface area contributed by atoms with Crippen molar-refractivity contribution in [3.8, 4) is 0 Å². The molecule has 1 aliphatic heterocycles. The lowest BCUT2D eigenvalue weighted by molar-refractivity contribution is 0.0132. The molecule has 170 valence electrons. The molecule has 0 radical (unpaired) electrons. The van der Waals surface area contributed by atoms with Crippen LogP contribution < -0.4 is 16.0 Å². The van der Waals surface area contributed by atoms with Crippen molar-refractivity contribution < 1.29 is 9.53 Å². The van der Waals surface area contributed by atoms with Crippen molar-refractivity contribution in [2.24, 2.45) is 10.9 Å². The summed E-state index contributed by atoms with van der Waals surface area (Å²) in [4.78, 5) is 18.7. The fraction of sp³-hybridized carbons (Fsp3) is 0.636. The predicted molar refractivity (Wildman–Crippen MR) is 134 cm³/mol. The third kappa shape index (κ3) is 9.18. The van der Waals surface area contributed by atoms with E-state index in [4.69, 9.17) is 4.74 Å². The van der Waals surface area contributed by atoms with E-state index in [0.29, 0.717) is 17.5 Å². The summed E-state index contributed by atoms with van der Waals surface area (Å²) in [5.41, 5.74) is 1.81. The van der Waals surface area contributed by atoms with E-state index in [2.05, 4.69) is 39.7 Å². The molecular weight excluding hydrogens is 493 g/mol. The van der Waals surface area contributed by atoms with Crippen LogP contribution in [-0.4, -0.2) is 76.3 Å². The Bertz CT molecular complexity index is 663. The highest BCUT2D eigenvalue weighted by molar-refractivity contribution is 14.0. The number of hydrogen-bond acceptors (Lipinski definition) is 4. The Morgan fingerprint density at radius 2 is 1.97 bits per heavy atom. The smallest absolute Gasteiger partial charge is 0.251 e. The molecule has 3 N–H and O–H groups in total. The number of guanidine groups is 1. The average Bonchev–Trinajstić information content (AvgIpc) is 2.75. The normalized spacial score (nSPS) is 16.0. The third-order valence-corrected chi connectivity index (χ3v) is 5.16. The minimum absolute atomic E-state index is 0. The second-order valence-corrected chi connectivity index (χ2v) is 7.84.